The van der Waals surface area contributed by atoms with Crippen LogP contribution in [0, 0.1) is 19.7 Å². The molecule has 0 radical (unpaired) electrons. The van der Waals surface area contributed by atoms with Crippen molar-refractivity contribution in [3.8, 4) is 29.0 Å². The van der Waals surface area contributed by atoms with E-state index >= 15 is 0 Å². The Hall–Kier alpha value is -4.01. The minimum Gasteiger partial charge on any atom is -0.479 e. The van der Waals surface area contributed by atoms with Crippen LogP contribution in [0.2, 0.25) is 0 Å². The molecule has 2 aromatic heterocycles. The first-order chi connectivity index (χ1) is 14.8. The summed E-state index contributed by atoms with van der Waals surface area (Å²) in [6, 6.07) is 9.43. The van der Waals surface area contributed by atoms with Gasteiger partial charge in [-0.2, -0.15) is 4.98 Å². The molecule has 158 valence electrons. The van der Waals surface area contributed by atoms with Crippen LogP contribution < -0.4 is 9.47 Å². The fraction of sp³-hybridized carbons (Fsp3) is 0.182. The first kappa shape index (κ1) is 20.3. The van der Waals surface area contributed by atoms with Gasteiger partial charge in [-0.25, -0.2) is 19.2 Å². The van der Waals surface area contributed by atoms with Gasteiger partial charge in [0.25, 0.3) is 5.71 Å². The van der Waals surface area contributed by atoms with E-state index in [1.807, 2.05) is 13.8 Å². The lowest BCUT2D eigenvalue weighted by Gasteiger charge is -2.16. The van der Waals surface area contributed by atoms with Crippen LogP contribution in [0.15, 0.2) is 47.0 Å². The highest BCUT2D eigenvalue weighted by molar-refractivity contribution is 5.74. The third-order valence-corrected chi connectivity index (χ3v) is 4.52. The van der Waals surface area contributed by atoms with Crippen LogP contribution in [0.3, 0.4) is 0 Å². The van der Waals surface area contributed by atoms with Gasteiger partial charge in [0.05, 0.1) is 6.20 Å². The third kappa shape index (κ3) is 4.16. The van der Waals surface area contributed by atoms with Crippen LogP contribution in [-0.2, 0) is 4.79 Å². The summed E-state index contributed by atoms with van der Waals surface area (Å²) in [5.41, 5.74) is 2.73. The smallest absolute Gasteiger partial charge is 0.344 e. The fourth-order valence-corrected chi connectivity index (χ4v) is 3.01. The van der Waals surface area contributed by atoms with Gasteiger partial charge in [0.1, 0.15) is 11.3 Å². The van der Waals surface area contributed by atoms with Crippen molar-refractivity contribution >= 4 is 17.2 Å². The van der Waals surface area contributed by atoms with Crippen molar-refractivity contribution in [1.82, 2.24) is 15.0 Å². The van der Waals surface area contributed by atoms with Gasteiger partial charge < -0.3 is 19.0 Å². The zero-order valence-electron chi connectivity index (χ0n) is 16.9. The predicted molar refractivity (Wildman–Crippen MR) is 109 cm³/mol. The summed E-state index contributed by atoms with van der Waals surface area (Å²) < 4.78 is 30.5. The van der Waals surface area contributed by atoms with E-state index < -0.39 is 17.9 Å². The number of aromatic nitrogens is 3. The van der Waals surface area contributed by atoms with E-state index in [0.29, 0.717) is 22.7 Å². The second-order valence-electron chi connectivity index (χ2n) is 6.93. The lowest BCUT2D eigenvalue weighted by atomic mass is 10.1. The number of halogens is 1. The van der Waals surface area contributed by atoms with Crippen LogP contribution in [0.4, 0.5) is 4.39 Å². The van der Waals surface area contributed by atoms with E-state index in [1.165, 1.54) is 25.3 Å². The number of ether oxygens (including phenoxy) is 2. The third-order valence-electron chi connectivity index (χ3n) is 4.52. The molecular formula is C22H18FN3O5. The van der Waals surface area contributed by atoms with Crippen LogP contribution in [0.25, 0.3) is 22.7 Å². The number of aryl methyl sites for hydroxylation is 2. The van der Waals surface area contributed by atoms with Crippen molar-refractivity contribution in [2.24, 2.45) is 0 Å². The molecule has 8 nitrogen and oxygen atoms in total. The van der Waals surface area contributed by atoms with Crippen LogP contribution >= 0.6 is 0 Å². The van der Waals surface area contributed by atoms with E-state index in [1.54, 1.807) is 24.3 Å². The number of nitrogens with zero attached hydrogens (tertiary/aromatic N) is 3. The summed E-state index contributed by atoms with van der Waals surface area (Å²) in [5, 5.41) is 9.08. The lowest BCUT2D eigenvalue weighted by Crippen LogP contribution is -2.23. The molecule has 0 saturated carbocycles. The molecule has 1 N–H and O–H groups in total. The minimum absolute atomic E-state index is 0.000911. The predicted octanol–water partition coefficient (Wildman–Crippen LogP) is 4.68. The number of oxazole rings is 1. The summed E-state index contributed by atoms with van der Waals surface area (Å²) in [6.45, 7) is 5.09. The second kappa shape index (κ2) is 8.02. The molecule has 0 spiro atoms. The zero-order valence-corrected chi connectivity index (χ0v) is 16.9. The second-order valence-corrected chi connectivity index (χ2v) is 6.93. The number of carboxylic acid groups (broad SMARTS) is 1. The lowest BCUT2D eigenvalue weighted by molar-refractivity contribution is -0.144. The summed E-state index contributed by atoms with van der Waals surface area (Å²) in [5.74, 6) is -0.783. The van der Waals surface area contributed by atoms with Gasteiger partial charge in [0.2, 0.25) is 5.89 Å². The Balaban J connectivity index is 1.64. The number of aliphatic carboxylic acids is 1. The summed E-state index contributed by atoms with van der Waals surface area (Å²) in [7, 11) is 0. The van der Waals surface area contributed by atoms with Gasteiger partial charge >= 0.3 is 12.0 Å². The highest BCUT2D eigenvalue weighted by atomic mass is 19.1. The number of fused-ring (bicyclic) bond motifs is 1. The van der Waals surface area contributed by atoms with Crippen molar-refractivity contribution < 1.29 is 28.2 Å². The Morgan fingerprint density at radius 2 is 1.87 bits per heavy atom. The van der Waals surface area contributed by atoms with Gasteiger partial charge in [-0.1, -0.05) is 12.1 Å². The van der Waals surface area contributed by atoms with Gasteiger partial charge in [-0.05, 0) is 56.2 Å². The van der Waals surface area contributed by atoms with Crippen LogP contribution in [0.1, 0.15) is 18.1 Å². The largest absolute Gasteiger partial charge is 0.479 e. The van der Waals surface area contributed by atoms with Gasteiger partial charge in [0.15, 0.2) is 17.7 Å². The molecule has 0 aliphatic carbocycles. The summed E-state index contributed by atoms with van der Waals surface area (Å²) >= 11 is 0. The average molecular weight is 423 g/mol. The molecule has 1 unspecified atom stereocenters. The molecule has 31 heavy (non-hydrogen) atoms. The molecule has 0 aliphatic heterocycles. The topological polar surface area (TPSA) is 108 Å². The SMILES string of the molecule is Cc1cc(-c2nc3cnc(Oc4ccccc4F)nc3o2)cc(C)c1OC(C)C(=O)O. The number of rotatable bonds is 6. The maximum Gasteiger partial charge on any atom is 0.344 e. The molecular weight excluding hydrogens is 405 g/mol. The highest BCUT2D eigenvalue weighted by Crippen LogP contribution is 2.32. The molecule has 0 aliphatic rings. The van der Waals surface area contributed by atoms with Crippen LogP contribution in [0.5, 0.6) is 17.5 Å². The van der Waals surface area contributed by atoms with Crippen molar-refractivity contribution in [2.75, 3.05) is 0 Å². The fourth-order valence-electron chi connectivity index (χ4n) is 3.01. The Labute approximate surface area is 176 Å². The van der Waals surface area contributed by atoms with Crippen molar-refractivity contribution in [1.29, 1.82) is 0 Å². The normalized spacial score (nSPS) is 12.0. The first-order valence-corrected chi connectivity index (χ1v) is 9.39. The molecule has 4 aromatic rings. The molecule has 9 heteroatoms. The molecule has 0 fully saturated rings. The maximum absolute atomic E-state index is 13.8. The number of para-hydroxylation sites is 1. The van der Waals surface area contributed by atoms with Crippen molar-refractivity contribution in [3.63, 3.8) is 0 Å². The molecule has 0 amide bonds. The Morgan fingerprint density at radius 3 is 2.55 bits per heavy atom. The minimum atomic E-state index is -1.05. The molecule has 4 rings (SSSR count). The van der Waals surface area contributed by atoms with E-state index in [9.17, 15) is 9.18 Å². The number of hydrogen-bond donors (Lipinski definition) is 1. The Kier molecular flexibility index (Phi) is 5.24. The Morgan fingerprint density at radius 1 is 1.16 bits per heavy atom. The van der Waals surface area contributed by atoms with E-state index in [0.717, 1.165) is 11.1 Å². The quantitative estimate of drug-likeness (QED) is 0.476. The summed E-state index contributed by atoms with van der Waals surface area (Å²) in [4.78, 5) is 23.7. The summed E-state index contributed by atoms with van der Waals surface area (Å²) in [6.07, 6.45) is 0.452. The standard InChI is InChI=1S/C22H18FN3O5/c1-11-8-14(9-12(2)18(11)29-13(3)21(27)28)19-25-16-10-24-22(26-20(16)31-19)30-17-7-5-4-6-15(17)23/h4-10,13H,1-3H3,(H,27,28). The molecule has 0 bridgehead atoms. The van der Waals surface area contributed by atoms with E-state index in [-0.39, 0.29) is 17.5 Å². The molecule has 1 atom stereocenters. The van der Waals surface area contributed by atoms with Gasteiger partial charge in [-0.3, -0.25) is 0 Å². The first-order valence-electron chi connectivity index (χ1n) is 9.39. The molecule has 2 aromatic carbocycles. The number of benzene rings is 2. The van der Waals surface area contributed by atoms with Gasteiger partial charge in [-0.15, -0.1) is 0 Å². The number of carboxylic acids is 1. The van der Waals surface area contributed by atoms with Gasteiger partial charge in [0, 0.05) is 5.56 Å². The van der Waals surface area contributed by atoms with E-state index in [4.69, 9.17) is 19.0 Å². The average Bonchev–Trinajstić information content (AvgIpc) is 3.15. The van der Waals surface area contributed by atoms with Crippen molar-refractivity contribution in [2.45, 2.75) is 26.9 Å². The molecule has 0 saturated heterocycles. The van der Waals surface area contributed by atoms with Crippen molar-refractivity contribution in [3.05, 3.63) is 59.5 Å². The zero-order chi connectivity index (χ0) is 22.1. The monoisotopic (exact) mass is 423 g/mol. The van der Waals surface area contributed by atoms with Crippen LogP contribution in [-0.4, -0.2) is 32.1 Å². The Bertz CT molecular complexity index is 1260. The maximum atomic E-state index is 13.8. The van der Waals surface area contributed by atoms with E-state index in [2.05, 4.69) is 15.0 Å². The molecule has 2 heterocycles. The number of hydrogen-bond acceptors (Lipinski definition) is 7. The highest BCUT2D eigenvalue weighted by Gasteiger charge is 2.18. The number of carbonyl (C=O) groups is 1.